The zero-order valence-corrected chi connectivity index (χ0v) is 12.4. The molecule has 1 rings (SSSR count). The molecule has 1 aromatic rings. The number of nitrogens with zero attached hydrogens (tertiary/aromatic N) is 1. The van der Waals surface area contributed by atoms with E-state index < -0.39 is 22.4 Å². The van der Waals surface area contributed by atoms with Gasteiger partial charge in [0.05, 0.1) is 16.1 Å². The Morgan fingerprint density at radius 2 is 1.87 bits per heavy atom. The quantitative estimate of drug-likeness (QED) is 0.290. The topological polar surface area (TPSA) is 90.8 Å². The molecule has 0 saturated heterocycles. The summed E-state index contributed by atoms with van der Waals surface area (Å²) in [5.74, 6) is 0. The predicted octanol–water partition coefficient (Wildman–Crippen LogP) is 4.97. The minimum absolute atomic E-state index is 0.0301. The molecule has 0 atom stereocenters. The van der Waals surface area contributed by atoms with Gasteiger partial charge in [0.2, 0.25) is 0 Å². The van der Waals surface area contributed by atoms with Gasteiger partial charge in [-0.2, -0.15) is 13.2 Å². The Morgan fingerprint density at radius 3 is 2.43 bits per heavy atom. The number of hydrogen-bond acceptors (Lipinski definition) is 4. The Balaban J connectivity index is 2.76. The molecule has 0 saturated carbocycles. The largest absolute Gasteiger partial charge is 0.416 e. The molecule has 126 valence electrons. The first-order valence-corrected chi connectivity index (χ1v) is 7.19. The summed E-state index contributed by atoms with van der Waals surface area (Å²) in [5.41, 5.74) is -1.87. The fraction of sp³-hybridized carbons (Fsp3) is 0.467. The predicted molar refractivity (Wildman–Crippen MR) is 81.4 cm³/mol. The van der Waals surface area contributed by atoms with E-state index in [0.29, 0.717) is 18.9 Å². The zero-order chi connectivity index (χ0) is 17.5. The Kier molecular flexibility index (Phi) is 6.87. The molecule has 0 bridgehead atoms. The van der Waals surface area contributed by atoms with E-state index in [2.05, 4.69) is 0 Å². The number of halogens is 3. The van der Waals surface area contributed by atoms with Crippen LogP contribution in [0, 0.1) is 20.9 Å². The van der Waals surface area contributed by atoms with Crippen LogP contribution in [0.3, 0.4) is 0 Å². The van der Waals surface area contributed by atoms with Crippen LogP contribution in [0.25, 0.3) is 0 Å². The van der Waals surface area contributed by atoms with Crippen LogP contribution >= 0.6 is 0 Å². The molecule has 5 nitrogen and oxygen atoms in total. The number of hydrogen-bond donors (Lipinski definition) is 2. The molecular weight excluding hydrogens is 311 g/mol. The van der Waals surface area contributed by atoms with Crippen LogP contribution in [0.2, 0.25) is 0 Å². The normalized spacial score (nSPS) is 11.3. The lowest BCUT2D eigenvalue weighted by atomic mass is 10.00. The van der Waals surface area contributed by atoms with Gasteiger partial charge in [0.1, 0.15) is 0 Å². The number of nitro groups is 1. The van der Waals surface area contributed by atoms with Crippen molar-refractivity contribution in [3.63, 3.8) is 0 Å². The lowest BCUT2D eigenvalue weighted by Gasteiger charge is -2.09. The monoisotopic (exact) mass is 329 g/mol. The Labute approximate surface area is 131 Å². The molecule has 0 heterocycles. The molecule has 0 aromatic heterocycles. The molecule has 8 heteroatoms. The summed E-state index contributed by atoms with van der Waals surface area (Å²) in [4.78, 5) is 10.1. The van der Waals surface area contributed by atoms with Gasteiger partial charge >= 0.3 is 6.18 Å². The second-order valence-corrected chi connectivity index (χ2v) is 5.12. The van der Waals surface area contributed by atoms with Crippen LogP contribution in [0.5, 0.6) is 0 Å². The van der Waals surface area contributed by atoms with E-state index >= 15 is 0 Å². The van der Waals surface area contributed by atoms with Gasteiger partial charge in [0, 0.05) is 11.8 Å². The smallest absolute Gasteiger partial charge is 0.313 e. The van der Waals surface area contributed by atoms with Gasteiger partial charge < -0.3 is 10.8 Å². The average molecular weight is 329 g/mol. The van der Waals surface area contributed by atoms with Crippen LogP contribution < -0.4 is 0 Å². The standard InChI is InChI=1S/C15H18F3N3O2/c16-15(17,18)11-7-8-12(14(10-11)21(22)23)13(20)6-4-2-1-3-5-9-19/h7-10,19-20H,1-6H2. The maximum atomic E-state index is 12.6. The Bertz CT molecular complexity index is 586. The lowest BCUT2D eigenvalue weighted by molar-refractivity contribution is -0.385. The number of nitro benzene ring substituents is 1. The number of alkyl halides is 3. The van der Waals surface area contributed by atoms with Gasteiger partial charge in [-0.05, 0) is 44.0 Å². The highest BCUT2D eigenvalue weighted by atomic mass is 19.4. The summed E-state index contributed by atoms with van der Waals surface area (Å²) < 4.78 is 37.9. The van der Waals surface area contributed by atoms with Crippen molar-refractivity contribution < 1.29 is 18.1 Å². The third-order valence-corrected chi connectivity index (χ3v) is 3.37. The van der Waals surface area contributed by atoms with Gasteiger partial charge in [-0.3, -0.25) is 10.1 Å². The van der Waals surface area contributed by atoms with E-state index in [9.17, 15) is 23.3 Å². The highest BCUT2D eigenvalue weighted by molar-refractivity contribution is 6.01. The van der Waals surface area contributed by atoms with E-state index in [4.69, 9.17) is 10.8 Å². The zero-order valence-electron chi connectivity index (χ0n) is 12.4. The van der Waals surface area contributed by atoms with E-state index in [1.54, 1.807) is 0 Å². The molecule has 2 N–H and O–H groups in total. The Morgan fingerprint density at radius 1 is 1.22 bits per heavy atom. The molecule has 0 spiro atoms. The van der Waals surface area contributed by atoms with E-state index in [0.717, 1.165) is 31.4 Å². The van der Waals surface area contributed by atoms with Gasteiger partial charge in [-0.15, -0.1) is 0 Å². The second-order valence-electron chi connectivity index (χ2n) is 5.12. The first-order chi connectivity index (χ1) is 10.8. The number of nitrogens with one attached hydrogen (secondary N) is 2. The summed E-state index contributed by atoms with van der Waals surface area (Å²) in [5, 5.41) is 25.7. The van der Waals surface area contributed by atoms with Crippen molar-refractivity contribution in [3.05, 3.63) is 39.4 Å². The molecular formula is C15H18F3N3O2. The minimum Gasteiger partial charge on any atom is -0.313 e. The summed E-state index contributed by atoms with van der Waals surface area (Å²) in [6.45, 7) is 0. The molecule has 0 unspecified atom stereocenters. The van der Waals surface area contributed by atoms with Gasteiger partial charge in [-0.1, -0.05) is 12.8 Å². The van der Waals surface area contributed by atoms with Crippen molar-refractivity contribution in [3.8, 4) is 0 Å². The van der Waals surface area contributed by atoms with Crippen molar-refractivity contribution in [1.29, 1.82) is 10.8 Å². The molecule has 1 aromatic carbocycles. The van der Waals surface area contributed by atoms with Gasteiger partial charge in [0.15, 0.2) is 0 Å². The summed E-state index contributed by atoms with van der Waals surface area (Å²) in [6, 6.07) is 2.24. The van der Waals surface area contributed by atoms with Crippen LogP contribution in [0.4, 0.5) is 18.9 Å². The highest BCUT2D eigenvalue weighted by Gasteiger charge is 2.33. The van der Waals surface area contributed by atoms with Crippen molar-refractivity contribution in [1.82, 2.24) is 0 Å². The second kappa shape index (κ2) is 8.40. The van der Waals surface area contributed by atoms with Crippen LogP contribution in [0.15, 0.2) is 18.2 Å². The first kappa shape index (κ1) is 18.8. The summed E-state index contributed by atoms with van der Waals surface area (Å²) >= 11 is 0. The fourth-order valence-corrected chi connectivity index (χ4v) is 2.15. The molecule has 0 aliphatic carbocycles. The number of benzene rings is 1. The van der Waals surface area contributed by atoms with E-state index in [1.807, 2.05) is 0 Å². The maximum absolute atomic E-state index is 12.6. The molecule has 0 radical (unpaired) electrons. The van der Waals surface area contributed by atoms with E-state index in [-0.39, 0.29) is 17.7 Å². The van der Waals surface area contributed by atoms with Crippen LogP contribution in [-0.2, 0) is 6.18 Å². The van der Waals surface area contributed by atoms with Crippen molar-refractivity contribution >= 4 is 17.6 Å². The SMILES string of the molecule is N=CCCCCCCC(=N)c1ccc(C(F)(F)F)cc1[N+](=O)[O-]. The maximum Gasteiger partial charge on any atom is 0.416 e. The molecule has 0 amide bonds. The van der Waals surface area contributed by atoms with E-state index in [1.165, 1.54) is 6.21 Å². The average Bonchev–Trinajstić information content (AvgIpc) is 2.49. The number of unbranched alkanes of at least 4 members (excludes halogenated alkanes) is 4. The van der Waals surface area contributed by atoms with Crippen molar-refractivity contribution in [2.45, 2.75) is 44.7 Å². The lowest BCUT2D eigenvalue weighted by Crippen LogP contribution is -2.09. The van der Waals surface area contributed by atoms with Crippen LogP contribution in [0.1, 0.15) is 49.7 Å². The van der Waals surface area contributed by atoms with Crippen molar-refractivity contribution in [2.24, 2.45) is 0 Å². The molecule has 23 heavy (non-hydrogen) atoms. The number of rotatable bonds is 9. The third-order valence-electron chi connectivity index (χ3n) is 3.37. The van der Waals surface area contributed by atoms with Gasteiger partial charge in [-0.25, -0.2) is 0 Å². The molecule has 0 aliphatic rings. The molecule has 0 fully saturated rings. The molecule has 0 aliphatic heterocycles. The highest BCUT2D eigenvalue weighted by Crippen LogP contribution is 2.33. The van der Waals surface area contributed by atoms with Crippen LogP contribution in [-0.4, -0.2) is 16.8 Å². The Hall–Kier alpha value is -2.25. The van der Waals surface area contributed by atoms with Gasteiger partial charge in [0.25, 0.3) is 5.69 Å². The van der Waals surface area contributed by atoms with Crippen molar-refractivity contribution in [2.75, 3.05) is 0 Å². The first-order valence-electron chi connectivity index (χ1n) is 7.19. The minimum atomic E-state index is -4.65. The third kappa shape index (κ3) is 5.80. The fourth-order valence-electron chi connectivity index (χ4n) is 2.15. The summed E-state index contributed by atoms with van der Waals surface area (Å²) in [6.07, 6.45) is 0.848. The summed E-state index contributed by atoms with van der Waals surface area (Å²) in [7, 11) is 0.